The zero-order valence-electron chi connectivity index (χ0n) is 8.29. The fourth-order valence-electron chi connectivity index (χ4n) is 2.26. The van der Waals surface area contributed by atoms with Gasteiger partial charge in [0.05, 0.1) is 18.3 Å². The quantitative estimate of drug-likeness (QED) is 0.695. The highest BCUT2D eigenvalue weighted by Gasteiger charge is 2.39. The number of ether oxygens (including phenoxy) is 2. The van der Waals surface area contributed by atoms with Crippen LogP contribution in [0.5, 0.6) is 0 Å². The lowest BCUT2D eigenvalue weighted by molar-refractivity contribution is -0.0469. The minimum Gasteiger partial charge on any atom is -0.381 e. The van der Waals surface area contributed by atoms with Gasteiger partial charge in [0.15, 0.2) is 0 Å². The third-order valence-corrected chi connectivity index (χ3v) is 3.32. The second-order valence-corrected chi connectivity index (χ2v) is 4.47. The molecule has 2 saturated heterocycles. The molecule has 0 bridgehead atoms. The molecule has 2 heterocycles. The van der Waals surface area contributed by atoms with Crippen LogP contribution in [0.3, 0.4) is 0 Å². The van der Waals surface area contributed by atoms with Crippen LogP contribution in [0.2, 0.25) is 0 Å². The Hall–Kier alpha value is -0.120. The summed E-state index contributed by atoms with van der Waals surface area (Å²) in [7, 11) is 0. The first-order valence-electron chi connectivity index (χ1n) is 5.19. The van der Waals surface area contributed by atoms with Gasteiger partial charge < -0.3 is 15.2 Å². The molecule has 3 nitrogen and oxygen atoms in total. The van der Waals surface area contributed by atoms with E-state index in [0.29, 0.717) is 18.6 Å². The predicted octanol–water partition coefficient (Wildman–Crippen LogP) is 0.919. The van der Waals surface area contributed by atoms with E-state index in [1.165, 1.54) is 0 Å². The Labute approximate surface area is 79.6 Å². The summed E-state index contributed by atoms with van der Waals surface area (Å²) < 4.78 is 11.3. The minimum absolute atomic E-state index is 0.0622. The molecule has 13 heavy (non-hydrogen) atoms. The fourth-order valence-corrected chi connectivity index (χ4v) is 2.26. The highest BCUT2D eigenvalue weighted by Crippen LogP contribution is 2.35. The summed E-state index contributed by atoms with van der Waals surface area (Å²) in [6.45, 7) is 4.54. The SMILES string of the molecule is CC1(CN)CCC(C2CCOC2)O1. The van der Waals surface area contributed by atoms with Gasteiger partial charge in [-0.05, 0) is 26.2 Å². The average molecular weight is 185 g/mol. The van der Waals surface area contributed by atoms with E-state index in [-0.39, 0.29) is 5.60 Å². The van der Waals surface area contributed by atoms with Gasteiger partial charge in [-0.1, -0.05) is 0 Å². The molecule has 3 atom stereocenters. The van der Waals surface area contributed by atoms with E-state index >= 15 is 0 Å². The second-order valence-electron chi connectivity index (χ2n) is 4.47. The second kappa shape index (κ2) is 3.56. The number of hydrogen-bond donors (Lipinski definition) is 1. The topological polar surface area (TPSA) is 44.5 Å². The molecule has 2 aliphatic heterocycles. The Bertz CT molecular complexity index is 180. The first-order chi connectivity index (χ1) is 6.23. The Kier molecular flexibility index (Phi) is 2.58. The van der Waals surface area contributed by atoms with Crippen LogP contribution in [0.4, 0.5) is 0 Å². The Balaban J connectivity index is 1.90. The summed E-state index contributed by atoms with van der Waals surface area (Å²) >= 11 is 0. The molecule has 0 aromatic carbocycles. The van der Waals surface area contributed by atoms with Crippen LogP contribution in [0.15, 0.2) is 0 Å². The minimum atomic E-state index is -0.0622. The predicted molar refractivity (Wildman–Crippen MR) is 50.5 cm³/mol. The van der Waals surface area contributed by atoms with Crippen LogP contribution in [0.1, 0.15) is 26.2 Å². The van der Waals surface area contributed by atoms with Crippen molar-refractivity contribution in [2.45, 2.75) is 37.9 Å². The zero-order valence-corrected chi connectivity index (χ0v) is 8.29. The molecule has 0 radical (unpaired) electrons. The van der Waals surface area contributed by atoms with Gasteiger partial charge in [0, 0.05) is 19.1 Å². The van der Waals surface area contributed by atoms with E-state index in [4.69, 9.17) is 15.2 Å². The maximum Gasteiger partial charge on any atom is 0.0781 e. The van der Waals surface area contributed by atoms with Crippen LogP contribution in [0.25, 0.3) is 0 Å². The summed E-state index contributed by atoms with van der Waals surface area (Å²) in [6, 6.07) is 0. The number of nitrogens with two attached hydrogens (primary N) is 1. The Morgan fingerprint density at radius 3 is 2.85 bits per heavy atom. The highest BCUT2D eigenvalue weighted by molar-refractivity contribution is 4.89. The van der Waals surface area contributed by atoms with Crippen molar-refractivity contribution in [2.24, 2.45) is 11.7 Å². The maximum atomic E-state index is 5.98. The van der Waals surface area contributed by atoms with Crippen molar-refractivity contribution in [3.05, 3.63) is 0 Å². The standard InChI is InChI=1S/C10H19NO2/c1-10(7-11)4-2-9(13-10)8-3-5-12-6-8/h8-9H,2-7,11H2,1H3. The molecule has 0 saturated carbocycles. The molecule has 0 aliphatic carbocycles. The molecule has 2 N–H and O–H groups in total. The maximum absolute atomic E-state index is 5.98. The average Bonchev–Trinajstić information content (AvgIpc) is 2.73. The smallest absolute Gasteiger partial charge is 0.0781 e. The molecule has 2 aliphatic rings. The molecule has 76 valence electrons. The van der Waals surface area contributed by atoms with Gasteiger partial charge in [-0.3, -0.25) is 0 Å². The first kappa shape index (κ1) is 9.44. The molecule has 2 fully saturated rings. The molecule has 0 spiro atoms. The van der Waals surface area contributed by atoms with E-state index in [9.17, 15) is 0 Å². The normalized spacial score (nSPS) is 45.7. The van der Waals surface area contributed by atoms with Crippen LogP contribution in [-0.4, -0.2) is 31.5 Å². The summed E-state index contributed by atoms with van der Waals surface area (Å²) in [5.74, 6) is 0.619. The van der Waals surface area contributed by atoms with E-state index in [2.05, 4.69) is 6.92 Å². The van der Waals surface area contributed by atoms with Gasteiger partial charge >= 0.3 is 0 Å². The molecule has 3 unspecified atom stereocenters. The fraction of sp³-hybridized carbons (Fsp3) is 1.00. The van der Waals surface area contributed by atoms with Gasteiger partial charge in [0.1, 0.15) is 0 Å². The van der Waals surface area contributed by atoms with Crippen LogP contribution in [0, 0.1) is 5.92 Å². The van der Waals surface area contributed by atoms with Crippen LogP contribution >= 0.6 is 0 Å². The molecular formula is C10H19NO2. The summed E-state index contributed by atoms with van der Waals surface area (Å²) in [5.41, 5.74) is 5.61. The summed E-state index contributed by atoms with van der Waals surface area (Å²) in [6.07, 6.45) is 3.81. The monoisotopic (exact) mass is 185 g/mol. The van der Waals surface area contributed by atoms with Gasteiger partial charge in [0.2, 0.25) is 0 Å². The largest absolute Gasteiger partial charge is 0.381 e. The summed E-state index contributed by atoms with van der Waals surface area (Å²) in [5, 5.41) is 0. The van der Waals surface area contributed by atoms with Crippen molar-refractivity contribution in [3.8, 4) is 0 Å². The lowest BCUT2D eigenvalue weighted by Gasteiger charge is -2.24. The lowest BCUT2D eigenvalue weighted by Crippen LogP contribution is -2.35. The van der Waals surface area contributed by atoms with Crippen LogP contribution < -0.4 is 5.73 Å². The highest BCUT2D eigenvalue weighted by atomic mass is 16.5. The molecule has 0 amide bonds. The number of rotatable bonds is 2. The summed E-state index contributed by atoms with van der Waals surface area (Å²) in [4.78, 5) is 0. The molecule has 3 heteroatoms. The molecule has 0 aromatic rings. The number of hydrogen-bond acceptors (Lipinski definition) is 3. The van der Waals surface area contributed by atoms with E-state index < -0.39 is 0 Å². The van der Waals surface area contributed by atoms with Gasteiger partial charge in [-0.15, -0.1) is 0 Å². The third kappa shape index (κ3) is 1.87. The van der Waals surface area contributed by atoms with E-state index in [1.807, 2.05) is 0 Å². The van der Waals surface area contributed by atoms with Crippen molar-refractivity contribution < 1.29 is 9.47 Å². The van der Waals surface area contributed by atoms with Gasteiger partial charge in [0.25, 0.3) is 0 Å². The van der Waals surface area contributed by atoms with Crippen molar-refractivity contribution in [2.75, 3.05) is 19.8 Å². The molecular weight excluding hydrogens is 166 g/mol. The van der Waals surface area contributed by atoms with Crippen LogP contribution in [-0.2, 0) is 9.47 Å². The Morgan fingerprint density at radius 2 is 2.31 bits per heavy atom. The van der Waals surface area contributed by atoms with Gasteiger partial charge in [-0.2, -0.15) is 0 Å². The molecule has 0 aromatic heterocycles. The zero-order chi connectivity index (χ0) is 9.31. The van der Waals surface area contributed by atoms with Gasteiger partial charge in [-0.25, -0.2) is 0 Å². The van der Waals surface area contributed by atoms with E-state index in [0.717, 1.165) is 32.5 Å². The third-order valence-electron chi connectivity index (χ3n) is 3.32. The van der Waals surface area contributed by atoms with E-state index in [1.54, 1.807) is 0 Å². The van der Waals surface area contributed by atoms with Crippen molar-refractivity contribution in [1.29, 1.82) is 0 Å². The van der Waals surface area contributed by atoms with Crippen molar-refractivity contribution >= 4 is 0 Å². The Morgan fingerprint density at radius 1 is 1.46 bits per heavy atom. The van der Waals surface area contributed by atoms with Crippen molar-refractivity contribution in [1.82, 2.24) is 0 Å². The lowest BCUT2D eigenvalue weighted by atomic mass is 9.97. The van der Waals surface area contributed by atoms with Crippen molar-refractivity contribution in [3.63, 3.8) is 0 Å². The first-order valence-corrected chi connectivity index (χ1v) is 5.19. The molecule has 2 rings (SSSR count).